The van der Waals surface area contributed by atoms with E-state index in [1.807, 2.05) is 6.07 Å². The Balaban J connectivity index is 1.83. The predicted molar refractivity (Wildman–Crippen MR) is 97.4 cm³/mol. The van der Waals surface area contributed by atoms with E-state index in [9.17, 15) is 9.18 Å². The van der Waals surface area contributed by atoms with Crippen molar-refractivity contribution in [3.63, 3.8) is 0 Å². The summed E-state index contributed by atoms with van der Waals surface area (Å²) < 4.78 is 18.5. The summed E-state index contributed by atoms with van der Waals surface area (Å²) >= 11 is 0. The molecule has 6 nitrogen and oxygen atoms in total. The molecule has 0 saturated carbocycles. The fourth-order valence-corrected chi connectivity index (χ4v) is 2.40. The van der Waals surface area contributed by atoms with Crippen LogP contribution in [0, 0.1) is 12.7 Å². The third-order valence-electron chi connectivity index (χ3n) is 3.52. The number of benzene rings is 2. The van der Waals surface area contributed by atoms with Gasteiger partial charge in [0.05, 0.1) is 12.8 Å². The Morgan fingerprint density at radius 2 is 1.88 bits per heavy atom. The van der Waals surface area contributed by atoms with Gasteiger partial charge in [-0.15, -0.1) is 0 Å². The van der Waals surface area contributed by atoms with E-state index >= 15 is 0 Å². The molecule has 0 spiro atoms. The molecule has 1 amide bonds. The monoisotopic (exact) mass is 352 g/mol. The van der Waals surface area contributed by atoms with Gasteiger partial charge in [0.2, 0.25) is 0 Å². The van der Waals surface area contributed by atoms with Crippen LogP contribution in [-0.2, 0) is 0 Å². The highest BCUT2D eigenvalue weighted by Gasteiger charge is 2.13. The average Bonchev–Trinajstić information content (AvgIpc) is 2.61. The molecule has 1 aromatic heterocycles. The molecule has 1 heterocycles. The van der Waals surface area contributed by atoms with Gasteiger partial charge in [0, 0.05) is 11.8 Å². The molecule has 0 aliphatic heterocycles. The summed E-state index contributed by atoms with van der Waals surface area (Å²) in [5, 5.41) is 5.73. The molecular weight excluding hydrogens is 335 g/mol. The van der Waals surface area contributed by atoms with Gasteiger partial charge >= 0.3 is 0 Å². The van der Waals surface area contributed by atoms with Crippen LogP contribution in [0.25, 0.3) is 0 Å². The molecule has 0 atom stereocenters. The number of carbonyl (C=O) groups is 1. The lowest BCUT2D eigenvalue weighted by Crippen LogP contribution is -2.16. The van der Waals surface area contributed by atoms with E-state index in [1.165, 1.54) is 25.3 Å². The largest absolute Gasteiger partial charge is 0.495 e. The number of ether oxygens (including phenoxy) is 1. The topological polar surface area (TPSA) is 76.1 Å². The molecule has 0 aliphatic rings. The number of carbonyl (C=O) groups excluding carboxylic acids is 1. The molecule has 7 heteroatoms. The minimum absolute atomic E-state index is 0.183. The predicted octanol–water partition coefficient (Wildman–Crippen LogP) is 3.93. The van der Waals surface area contributed by atoms with E-state index in [1.54, 1.807) is 37.3 Å². The molecular formula is C19H17FN4O2. The van der Waals surface area contributed by atoms with Crippen LogP contribution in [0.1, 0.15) is 16.3 Å². The Bertz CT molecular complexity index is 946. The van der Waals surface area contributed by atoms with E-state index in [2.05, 4.69) is 20.6 Å². The van der Waals surface area contributed by atoms with Gasteiger partial charge in [0.25, 0.3) is 5.91 Å². The van der Waals surface area contributed by atoms with Crippen molar-refractivity contribution < 1.29 is 13.9 Å². The lowest BCUT2D eigenvalue weighted by molar-refractivity contribution is 0.102. The summed E-state index contributed by atoms with van der Waals surface area (Å²) in [7, 11) is 1.53. The van der Waals surface area contributed by atoms with Crippen molar-refractivity contribution in [2.45, 2.75) is 6.92 Å². The van der Waals surface area contributed by atoms with Crippen LogP contribution >= 0.6 is 0 Å². The minimum Gasteiger partial charge on any atom is -0.495 e. The van der Waals surface area contributed by atoms with Gasteiger partial charge in [0.1, 0.15) is 28.9 Å². The highest BCUT2D eigenvalue weighted by molar-refractivity contribution is 6.04. The number of halogens is 1. The molecule has 2 N–H and O–H groups in total. The number of aromatic nitrogens is 2. The number of hydrogen-bond acceptors (Lipinski definition) is 5. The van der Waals surface area contributed by atoms with Gasteiger partial charge in [-0.05, 0) is 37.3 Å². The number of amides is 1. The molecule has 26 heavy (non-hydrogen) atoms. The zero-order valence-electron chi connectivity index (χ0n) is 14.3. The second kappa shape index (κ2) is 7.60. The third-order valence-corrected chi connectivity index (χ3v) is 3.52. The summed E-state index contributed by atoms with van der Waals surface area (Å²) in [6.45, 7) is 1.68. The van der Waals surface area contributed by atoms with E-state index in [0.717, 1.165) is 0 Å². The molecule has 3 aromatic rings. The minimum atomic E-state index is -0.401. The van der Waals surface area contributed by atoms with E-state index < -0.39 is 5.91 Å². The van der Waals surface area contributed by atoms with E-state index in [-0.39, 0.29) is 11.5 Å². The highest BCUT2D eigenvalue weighted by Crippen LogP contribution is 2.24. The summed E-state index contributed by atoms with van der Waals surface area (Å²) in [5.41, 5.74) is 1.25. The first-order valence-electron chi connectivity index (χ1n) is 7.88. The average molecular weight is 352 g/mol. The first kappa shape index (κ1) is 17.3. The molecule has 2 aromatic carbocycles. The molecule has 3 rings (SSSR count). The quantitative estimate of drug-likeness (QED) is 0.728. The zero-order chi connectivity index (χ0) is 18.5. The van der Waals surface area contributed by atoms with Crippen molar-refractivity contribution >= 4 is 23.1 Å². The summed E-state index contributed by atoms with van der Waals surface area (Å²) in [6.07, 6.45) is 0. The molecule has 132 valence electrons. The van der Waals surface area contributed by atoms with Gasteiger partial charge in [-0.1, -0.05) is 18.2 Å². The van der Waals surface area contributed by atoms with Crippen molar-refractivity contribution in [2.75, 3.05) is 17.7 Å². The second-order valence-corrected chi connectivity index (χ2v) is 5.48. The molecule has 0 saturated heterocycles. The zero-order valence-corrected chi connectivity index (χ0v) is 14.3. The number of hydrogen-bond donors (Lipinski definition) is 2. The third kappa shape index (κ3) is 4.13. The van der Waals surface area contributed by atoms with Crippen molar-refractivity contribution in [1.82, 2.24) is 9.97 Å². The SMILES string of the molecule is COc1ccccc1NC(=O)c1cc(Nc2cccc(F)c2)nc(C)n1. The van der Waals surface area contributed by atoms with E-state index in [0.29, 0.717) is 28.8 Å². The number of rotatable bonds is 5. The van der Waals surface area contributed by atoms with Crippen LogP contribution in [0.3, 0.4) is 0 Å². The van der Waals surface area contributed by atoms with Crippen LogP contribution < -0.4 is 15.4 Å². The van der Waals surface area contributed by atoms with Crippen molar-refractivity contribution in [3.05, 3.63) is 71.9 Å². The maximum absolute atomic E-state index is 13.3. The van der Waals surface area contributed by atoms with Gasteiger partial charge in [-0.2, -0.15) is 0 Å². The summed E-state index contributed by atoms with van der Waals surface area (Å²) in [4.78, 5) is 20.9. The lowest BCUT2D eigenvalue weighted by Gasteiger charge is -2.11. The maximum Gasteiger partial charge on any atom is 0.274 e. The molecule has 0 unspecified atom stereocenters. The second-order valence-electron chi connectivity index (χ2n) is 5.48. The van der Waals surface area contributed by atoms with Crippen molar-refractivity contribution in [2.24, 2.45) is 0 Å². The molecule has 0 bridgehead atoms. The Hall–Kier alpha value is -3.48. The van der Waals surface area contributed by atoms with Crippen molar-refractivity contribution in [1.29, 1.82) is 0 Å². The van der Waals surface area contributed by atoms with Crippen LogP contribution in [0.4, 0.5) is 21.6 Å². The summed E-state index contributed by atoms with van der Waals surface area (Å²) in [6, 6.07) is 14.6. The fraction of sp³-hybridized carbons (Fsp3) is 0.105. The van der Waals surface area contributed by atoms with Crippen molar-refractivity contribution in [3.8, 4) is 5.75 Å². The van der Waals surface area contributed by atoms with Crippen LogP contribution in [0.5, 0.6) is 5.75 Å². The van der Waals surface area contributed by atoms with E-state index in [4.69, 9.17) is 4.74 Å². The number of anilines is 3. The first-order chi connectivity index (χ1) is 12.5. The Labute approximate surface area is 150 Å². The highest BCUT2D eigenvalue weighted by atomic mass is 19.1. The number of aryl methyl sites for hydroxylation is 1. The first-order valence-corrected chi connectivity index (χ1v) is 7.88. The fourth-order valence-electron chi connectivity index (χ4n) is 2.40. The van der Waals surface area contributed by atoms with Gasteiger partial charge < -0.3 is 15.4 Å². The number of nitrogens with one attached hydrogen (secondary N) is 2. The number of methoxy groups -OCH3 is 1. The van der Waals surface area contributed by atoms with Crippen LogP contribution in [0.2, 0.25) is 0 Å². The number of nitrogens with zero attached hydrogens (tertiary/aromatic N) is 2. The maximum atomic E-state index is 13.3. The van der Waals surface area contributed by atoms with Gasteiger partial charge in [-0.3, -0.25) is 4.79 Å². The Morgan fingerprint density at radius 3 is 2.65 bits per heavy atom. The van der Waals surface area contributed by atoms with Crippen LogP contribution in [0.15, 0.2) is 54.6 Å². The standard InChI is InChI=1S/C19H17FN4O2/c1-12-21-16(19(25)24-15-8-3-4-9-17(15)26-2)11-18(22-12)23-14-7-5-6-13(20)10-14/h3-11H,1-2H3,(H,24,25)(H,21,22,23). The lowest BCUT2D eigenvalue weighted by atomic mass is 10.2. The van der Waals surface area contributed by atoms with Crippen LogP contribution in [-0.4, -0.2) is 23.0 Å². The van der Waals surface area contributed by atoms with Gasteiger partial charge in [-0.25, -0.2) is 14.4 Å². The van der Waals surface area contributed by atoms with Gasteiger partial charge in [0.15, 0.2) is 0 Å². The number of para-hydroxylation sites is 2. The summed E-state index contributed by atoms with van der Waals surface area (Å²) in [5.74, 6) is 0.590. The normalized spacial score (nSPS) is 10.3. The Morgan fingerprint density at radius 1 is 1.08 bits per heavy atom. The molecule has 0 radical (unpaired) electrons. The molecule has 0 fully saturated rings. The molecule has 0 aliphatic carbocycles. The Kier molecular flexibility index (Phi) is 5.07. The smallest absolute Gasteiger partial charge is 0.274 e.